The molecule has 1 atom stereocenters. The Labute approximate surface area is 152 Å². The molecule has 0 spiro atoms. The summed E-state index contributed by atoms with van der Waals surface area (Å²) in [6, 6.07) is 16.8. The molecule has 2 aromatic rings. The number of benzene rings is 2. The fourth-order valence-electron chi connectivity index (χ4n) is 3.33. The van der Waals surface area contributed by atoms with Crippen LogP contribution in [-0.4, -0.2) is 36.5 Å². The van der Waals surface area contributed by atoms with Gasteiger partial charge in [-0.25, -0.2) is 0 Å². The first kappa shape index (κ1) is 19.2. The maximum Gasteiger partial charge on any atom is 0.251 e. The first-order chi connectivity index (χ1) is 12.0. The second-order valence-corrected chi connectivity index (χ2v) is 6.59. The molecule has 0 aliphatic rings. The van der Waals surface area contributed by atoms with Crippen LogP contribution >= 0.6 is 0 Å². The van der Waals surface area contributed by atoms with E-state index in [1.54, 1.807) is 0 Å². The van der Waals surface area contributed by atoms with Gasteiger partial charge in [-0.05, 0) is 50.6 Å². The average Bonchev–Trinajstić information content (AvgIpc) is 2.61. The lowest BCUT2D eigenvalue weighted by atomic mass is 10.0. The van der Waals surface area contributed by atoms with E-state index in [1.165, 1.54) is 11.1 Å². The fourth-order valence-corrected chi connectivity index (χ4v) is 3.33. The Morgan fingerprint density at radius 3 is 2.32 bits per heavy atom. The molecule has 0 saturated carbocycles. The minimum atomic E-state index is 0.0164. The molecule has 1 amide bonds. The molecular weight excluding hydrogens is 308 g/mol. The lowest BCUT2D eigenvalue weighted by molar-refractivity contribution is 0.0934. The van der Waals surface area contributed by atoms with Crippen LogP contribution < -0.4 is 5.32 Å². The van der Waals surface area contributed by atoms with E-state index in [2.05, 4.69) is 54.4 Å². The molecule has 2 aromatic carbocycles. The quantitative estimate of drug-likeness (QED) is 0.789. The van der Waals surface area contributed by atoms with Crippen LogP contribution in [0, 0.1) is 13.8 Å². The molecule has 2 rings (SSSR count). The number of amides is 1. The van der Waals surface area contributed by atoms with Crippen LogP contribution in [0.1, 0.15) is 40.9 Å². The highest BCUT2D eigenvalue weighted by molar-refractivity contribution is 5.95. The minimum Gasteiger partial charge on any atom is -0.350 e. The third-order valence-corrected chi connectivity index (χ3v) is 4.77. The fraction of sp³-hybridized carbons (Fsp3) is 0.409. The summed E-state index contributed by atoms with van der Waals surface area (Å²) in [6.45, 7) is 11.0. The van der Waals surface area contributed by atoms with Crippen LogP contribution in [0.4, 0.5) is 0 Å². The minimum absolute atomic E-state index is 0.0164. The van der Waals surface area contributed by atoms with Crippen molar-refractivity contribution in [1.82, 2.24) is 10.2 Å². The highest BCUT2D eigenvalue weighted by atomic mass is 16.1. The summed E-state index contributed by atoms with van der Waals surface area (Å²) in [6.07, 6.45) is 0.940. The van der Waals surface area contributed by atoms with Crippen molar-refractivity contribution in [2.45, 2.75) is 40.2 Å². The zero-order valence-electron chi connectivity index (χ0n) is 15.9. The van der Waals surface area contributed by atoms with Gasteiger partial charge in [-0.2, -0.15) is 0 Å². The van der Waals surface area contributed by atoms with Gasteiger partial charge in [0, 0.05) is 18.2 Å². The van der Waals surface area contributed by atoms with Gasteiger partial charge in [-0.15, -0.1) is 0 Å². The highest BCUT2D eigenvalue weighted by Crippen LogP contribution is 2.12. The van der Waals surface area contributed by atoms with Crippen molar-refractivity contribution in [2.75, 3.05) is 19.6 Å². The molecule has 1 unspecified atom stereocenters. The summed E-state index contributed by atoms with van der Waals surface area (Å²) in [5.74, 6) is 0.0164. The zero-order chi connectivity index (χ0) is 18.2. The van der Waals surface area contributed by atoms with Crippen LogP contribution in [-0.2, 0) is 6.42 Å². The number of hydrogen-bond acceptors (Lipinski definition) is 2. The Balaban J connectivity index is 2.06. The summed E-state index contributed by atoms with van der Waals surface area (Å²) in [4.78, 5) is 15.0. The van der Waals surface area contributed by atoms with Crippen LogP contribution in [0.25, 0.3) is 0 Å². The van der Waals surface area contributed by atoms with E-state index in [1.807, 2.05) is 32.0 Å². The topological polar surface area (TPSA) is 32.3 Å². The number of nitrogens with one attached hydrogen (secondary N) is 1. The van der Waals surface area contributed by atoms with E-state index in [0.717, 1.165) is 30.6 Å². The number of hydrogen-bond donors (Lipinski definition) is 1. The van der Waals surface area contributed by atoms with Crippen molar-refractivity contribution in [2.24, 2.45) is 0 Å². The van der Waals surface area contributed by atoms with Crippen LogP contribution in [0.3, 0.4) is 0 Å². The van der Waals surface area contributed by atoms with Gasteiger partial charge in [-0.3, -0.25) is 9.69 Å². The number of likely N-dealkylation sites (N-methyl/N-ethyl adjacent to an activating group) is 1. The number of carbonyl (C=O) groups excluding carboxylic acids is 1. The second kappa shape index (κ2) is 9.38. The largest absolute Gasteiger partial charge is 0.350 e. The van der Waals surface area contributed by atoms with Crippen molar-refractivity contribution in [3.8, 4) is 0 Å². The summed E-state index contributed by atoms with van der Waals surface area (Å²) >= 11 is 0. The molecule has 3 nitrogen and oxygen atoms in total. The van der Waals surface area contributed by atoms with Crippen molar-refractivity contribution >= 4 is 5.91 Å². The Kier molecular flexibility index (Phi) is 7.20. The monoisotopic (exact) mass is 338 g/mol. The molecule has 1 N–H and O–H groups in total. The Morgan fingerprint density at radius 1 is 1.04 bits per heavy atom. The van der Waals surface area contributed by atoms with E-state index in [0.29, 0.717) is 12.6 Å². The van der Waals surface area contributed by atoms with Gasteiger partial charge in [0.15, 0.2) is 0 Å². The third kappa shape index (κ3) is 5.43. The normalized spacial score (nSPS) is 12.2. The smallest absolute Gasteiger partial charge is 0.251 e. The van der Waals surface area contributed by atoms with E-state index in [9.17, 15) is 4.79 Å². The van der Waals surface area contributed by atoms with Gasteiger partial charge in [-0.1, -0.05) is 61.9 Å². The Hall–Kier alpha value is -2.13. The Morgan fingerprint density at radius 2 is 1.72 bits per heavy atom. The average molecular weight is 338 g/mol. The maximum absolute atomic E-state index is 12.6. The summed E-state index contributed by atoms with van der Waals surface area (Å²) in [7, 11) is 0. The molecule has 0 radical (unpaired) electrons. The van der Waals surface area contributed by atoms with Crippen molar-refractivity contribution < 1.29 is 4.79 Å². The molecule has 3 heteroatoms. The highest BCUT2D eigenvalue weighted by Gasteiger charge is 2.18. The molecule has 0 heterocycles. The zero-order valence-corrected chi connectivity index (χ0v) is 15.9. The lowest BCUT2D eigenvalue weighted by Crippen LogP contribution is -2.45. The van der Waals surface area contributed by atoms with E-state index >= 15 is 0 Å². The molecule has 0 aliphatic heterocycles. The lowest BCUT2D eigenvalue weighted by Gasteiger charge is -2.30. The molecule has 0 saturated heterocycles. The first-order valence-corrected chi connectivity index (χ1v) is 9.18. The SMILES string of the molecule is CCN(CC)C(CNC(=O)c1ccc(C)cc1C)Cc1ccccc1. The predicted octanol–water partition coefficient (Wildman–Crippen LogP) is 3.99. The second-order valence-electron chi connectivity index (χ2n) is 6.59. The summed E-state index contributed by atoms with van der Waals surface area (Å²) in [5.41, 5.74) is 4.28. The van der Waals surface area contributed by atoms with Gasteiger partial charge < -0.3 is 5.32 Å². The van der Waals surface area contributed by atoms with E-state index in [4.69, 9.17) is 0 Å². The van der Waals surface area contributed by atoms with Gasteiger partial charge in [0.25, 0.3) is 5.91 Å². The predicted molar refractivity (Wildman–Crippen MR) is 105 cm³/mol. The van der Waals surface area contributed by atoms with Crippen LogP contribution in [0.5, 0.6) is 0 Å². The molecule has 0 fully saturated rings. The Bertz CT molecular complexity index is 678. The number of aryl methyl sites for hydroxylation is 2. The van der Waals surface area contributed by atoms with E-state index in [-0.39, 0.29) is 5.91 Å². The van der Waals surface area contributed by atoms with Gasteiger partial charge >= 0.3 is 0 Å². The molecule has 0 bridgehead atoms. The number of rotatable bonds is 8. The van der Waals surface area contributed by atoms with Crippen LogP contribution in [0.2, 0.25) is 0 Å². The number of carbonyl (C=O) groups is 1. The molecular formula is C22H30N2O. The third-order valence-electron chi connectivity index (χ3n) is 4.77. The van der Waals surface area contributed by atoms with Gasteiger partial charge in [0.1, 0.15) is 0 Å². The van der Waals surface area contributed by atoms with Crippen molar-refractivity contribution in [3.05, 3.63) is 70.8 Å². The van der Waals surface area contributed by atoms with Crippen molar-refractivity contribution in [3.63, 3.8) is 0 Å². The summed E-state index contributed by atoms with van der Waals surface area (Å²) < 4.78 is 0. The van der Waals surface area contributed by atoms with Crippen LogP contribution in [0.15, 0.2) is 48.5 Å². The maximum atomic E-state index is 12.6. The standard InChI is InChI=1S/C22H30N2O/c1-5-24(6-2)20(15-19-10-8-7-9-11-19)16-23-22(25)21-13-12-17(3)14-18(21)4/h7-14,20H,5-6,15-16H2,1-4H3,(H,23,25). The van der Waals surface area contributed by atoms with E-state index < -0.39 is 0 Å². The van der Waals surface area contributed by atoms with Gasteiger partial charge in [0.2, 0.25) is 0 Å². The molecule has 0 aromatic heterocycles. The van der Waals surface area contributed by atoms with Gasteiger partial charge in [0.05, 0.1) is 0 Å². The first-order valence-electron chi connectivity index (χ1n) is 9.18. The molecule has 134 valence electrons. The molecule has 25 heavy (non-hydrogen) atoms. The molecule has 0 aliphatic carbocycles. The summed E-state index contributed by atoms with van der Waals surface area (Å²) in [5, 5.41) is 3.15. The number of nitrogens with zero attached hydrogens (tertiary/aromatic N) is 1. The van der Waals surface area contributed by atoms with Crippen molar-refractivity contribution in [1.29, 1.82) is 0 Å².